The van der Waals surface area contributed by atoms with Crippen LogP contribution < -0.4 is 5.32 Å². The Hall–Kier alpha value is -4.25. The maximum Gasteiger partial charge on any atom is 0.254 e. The van der Waals surface area contributed by atoms with Gasteiger partial charge in [0.15, 0.2) is 0 Å². The van der Waals surface area contributed by atoms with Crippen LogP contribution in [0.25, 0.3) is 10.9 Å². The first-order chi connectivity index (χ1) is 17.7. The number of fused-ring (bicyclic) bond motifs is 3. The normalized spacial score (nSPS) is 21.1. The number of likely N-dealkylation sites (N-methyl/N-ethyl adjacent to an activating group) is 1. The molecule has 1 spiro atoms. The molecule has 2 aliphatic rings. The van der Waals surface area contributed by atoms with Crippen molar-refractivity contribution in [2.24, 2.45) is 5.92 Å². The zero-order valence-electron chi connectivity index (χ0n) is 21.1. The van der Waals surface area contributed by atoms with Crippen LogP contribution in [-0.2, 0) is 15.0 Å². The third-order valence-corrected chi connectivity index (χ3v) is 7.54. The molecule has 5 rings (SSSR count). The summed E-state index contributed by atoms with van der Waals surface area (Å²) in [4.78, 5) is 48.0. The molecule has 1 aromatic heterocycles. The Morgan fingerprint density at radius 2 is 2.00 bits per heavy atom. The summed E-state index contributed by atoms with van der Waals surface area (Å²) in [6.07, 6.45) is 2.33. The highest BCUT2D eigenvalue weighted by molar-refractivity contribution is 6.07. The van der Waals surface area contributed by atoms with Gasteiger partial charge in [0, 0.05) is 42.8 Å². The van der Waals surface area contributed by atoms with E-state index in [0.29, 0.717) is 17.5 Å². The van der Waals surface area contributed by atoms with Crippen molar-refractivity contribution in [3.63, 3.8) is 0 Å². The Balaban J connectivity index is 1.46. The van der Waals surface area contributed by atoms with E-state index in [2.05, 4.69) is 16.4 Å². The van der Waals surface area contributed by atoms with E-state index in [1.54, 1.807) is 25.4 Å². The molecule has 8 nitrogen and oxygen atoms in total. The molecule has 8 heteroatoms. The van der Waals surface area contributed by atoms with Gasteiger partial charge in [-0.2, -0.15) is 5.26 Å². The molecule has 0 radical (unpaired) electrons. The van der Waals surface area contributed by atoms with Gasteiger partial charge in [-0.05, 0) is 42.2 Å². The maximum absolute atomic E-state index is 14.0. The summed E-state index contributed by atoms with van der Waals surface area (Å²) in [6.45, 7) is 4.09. The lowest BCUT2D eigenvalue weighted by Gasteiger charge is -2.33. The minimum atomic E-state index is -0.971. The summed E-state index contributed by atoms with van der Waals surface area (Å²) >= 11 is 0. The minimum Gasteiger partial charge on any atom is -0.330 e. The van der Waals surface area contributed by atoms with Crippen molar-refractivity contribution in [2.75, 3.05) is 18.9 Å². The van der Waals surface area contributed by atoms with Crippen molar-refractivity contribution < 1.29 is 14.4 Å². The van der Waals surface area contributed by atoms with E-state index in [-0.39, 0.29) is 36.6 Å². The van der Waals surface area contributed by atoms with Gasteiger partial charge in [-0.25, -0.2) is 0 Å². The summed E-state index contributed by atoms with van der Waals surface area (Å²) in [6, 6.07) is 17.2. The molecule has 0 saturated carbocycles. The van der Waals surface area contributed by atoms with Gasteiger partial charge in [0.2, 0.25) is 11.8 Å². The number of nitrogens with one attached hydrogen (secondary N) is 1. The topological polar surface area (TPSA) is 106 Å². The van der Waals surface area contributed by atoms with Crippen LogP contribution in [0.2, 0.25) is 0 Å². The summed E-state index contributed by atoms with van der Waals surface area (Å²) in [7, 11) is 1.63. The predicted octanol–water partition coefficient (Wildman–Crippen LogP) is 3.74. The second kappa shape index (κ2) is 9.32. The molecule has 1 saturated heterocycles. The van der Waals surface area contributed by atoms with E-state index in [1.165, 1.54) is 9.80 Å². The maximum atomic E-state index is 14.0. The van der Waals surface area contributed by atoms with Crippen LogP contribution in [0, 0.1) is 17.2 Å². The van der Waals surface area contributed by atoms with Gasteiger partial charge in [0.1, 0.15) is 12.1 Å². The largest absolute Gasteiger partial charge is 0.330 e. The third-order valence-electron chi connectivity index (χ3n) is 7.54. The Labute approximate surface area is 215 Å². The number of carbonyl (C=O) groups excluding carboxylic acids is 3. The van der Waals surface area contributed by atoms with E-state index < -0.39 is 17.5 Å². The molecule has 1 N–H and O–H groups in total. The van der Waals surface area contributed by atoms with Crippen LogP contribution >= 0.6 is 0 Å². The van der Waals surface area contributed by atoms with Crippen molar-refractivity contribution in [1.29, 1.82) is 5.26 Å². The Kier molecular flexibility index (Phi) is 6.16. The van der Waals surface area contributed by atoms with Crippen molar-refractivity contribution in [3.8, 4) is 6.07 Å². The van der Waals surface area contributed by atoms with Gasteiger partial charge >= 0.3 is 0 Å². The second-order valence-corrected chi connectivity index (χ2v) is 10.4. The molecule has 0 bridgehead atoms. The summed E-state index contributed by atoms with van der Waals surface area (Å²) in [5.41, 5.74) is 1.69. The molecule has 3 aromatic rings. The molecule has 3 amide bonds. The molecule has 2 aliphatic heterocycles. The minimum absolute atomic E-state index is 0.101. The first-order valence-corrected chi connectivity index (χ1v) is 12.5. The number of likely N-dealkylation sites (tertiary alicyclic amines) is 1. The smallest absolute Gasteiger partial charge is 0.254 e. The molecule has 3 atom stereocenters. The number of carbonyl (C=O) groups is 3. The highest BCUT2D eigenvalue weighted by atomic mass is 16.2. The number of hydrogen-bond donors (Lipinski definition) is 1. The molecule has 0 unspecified atom stereocenters. The summed E-state index contributed by atoms with van der Waals surface area (Å²) in [5.74, 6) is -0.685. The Morgan fingerprint density at radius 3 is 2.76 bits per heavy atom. The van der Waals surface area contributed by atoms with E-state index in [0.717, 1.165) is 16.6 Å². The highest BCUT2D eigenvalue weighted by Gasteiger charge is 2.56. The molecule has 37 heavy (non-hydrogen) atoms. The van der Waals surface area contributed by atoms with Crippen molar-refractivity contribution >= 4 is 34.3 Å². The monoisotopic (exact) mass is 495 g/mol. The fourth-order valence-electron chi connectivity index (χ4n) is 5.59. The summed E-state index contributed by atoms with van der Waals surface area (Å²) < 4.78 is 0. The van der Waals surface area contributed by atoms with Gasteiger partial charge in [-0.3, -0.25) is 19.4 Å². The number of aromatic nitrogens is 1. The molecule has 0 aliphatic carbocycles. The Bertz CT molecular complexity index is 1440. The molecule has 2 aromatic carbocycles. The van der Waals surface area contributed by atoms with Crippen molar-refractivity contribution in [3.05, 3.63) is 71.9 Å². The average molecular weight is 496 g/mol. The predicted molar refractivity (Wildman–Crippen MR) is 140 cm³/mol. The van der Waals surface area contributed by atoms with Gasteiger partial charge in [0.25, 0.3) is 5.91 Å². The van der Waals surface area contributed by atoms with E-state index in [1.807, 2.05) is 56.3 Å². The quantitative estimate of drug-likeness (QED) is 0.580. The van der Waals surface area contributed by atoms with Gasteiger partial charge in [-0.1, -0.05) is 44.2 Å². The fraction of sp³-hybridized carbons (Fsp3) is 0.345. The van der Waals surface area contributed by atoms with Gasteiger partial charge in [0.05, 0.1) is 17.0 Å². The van der Waals surface area contributed by atoms with Crippen molar-refractivity contribution in [1.82, 2.24) is 14.8 Å². The number of hydrogen-bond acceptors (Lipinski definition) is 5. The molecular formula is C29H29N5O3. The van der Waals surface area contributed by atoms with Crippen molar-refractivity contribution in [2.45, 2.75) is 44.2 Å². The van der Waals surface area contributed by atoms with Gasteiger partial charge in [-0.15, -0.1) is 0 Å². The van der Waals surface area contributed by atoms with E-state index >= 15 is 0 Å². The number of benzene rings is 2. The van der Waals surface area contributed by atoms with Crippen LogP contribution in [0.3, 0.4) is 0 Å². The lowest BCUT2D eigenvalue weighted by Crippen LogP contribution is -2.52. The highest BCUT2D eigenvalue weighted by Crippen LogP contribution is 2.46. The number of anilines is 1. The number of rotatable bonds is 5. The standard InChI is InChI=1S/C29H29N5O3/c1-18(2)13-25(33(3)26(35)20-11-10-19-7-6-12-31-24(19)14-20)27(36)34-17-29(15-21(34)16-30)22-8-4-5-9-23(22)32-28(29)37/h4-12,14,18,21,25H,13,15,17H2,1-3H3,(H,32,37)/t21-,25-,29-/m0/s1. The third kappa shape index (κ3) is 4.10. The zero-order chi connectivity index (χ0) is 26.3. The molecule has 1 fully saturated rings. The summed E-state index contributed by atoms with van der Waals surface area (Å²) in [5, 5.41) is 13.8. The molecule has 188 valence electrons. The molecular weight excluding hydrogens is 466 g/mol. The number of nitriles is 1. The van der Waals surface area contributed by atoms with Gasteiger partial charge < -0.3 is 15.1 Å². The SMILES string of the molecule is CC(C)C[C@@H](C(=O)N1C[C@]2(C[C@H]1C#N)C(=O)Nc1ccccc12)N(C)C(=O)c1ccc2cccnc2c1. The lowest BCUT2D eigenvalue weighted by atomic mass is 9.80. The average Bonchev–Trinajstić information content (AvgIpc) is 3.43. The van der Waals surface area contributed by atoms with Crippen LogP contribution in [0.1, 0.15) is 42.6 Å². The number of para-hydroxylation sites is 1. The fourth-order valence-corrected chi connectivity index (χ4v) is 5.59. The first-order valence-electron chi connectivity index (χ1n) is 12.5. The number of amides is 3. The Morgan fingerprint density at radius 1 is 1.22 bits per heavy atom. The van der Waals surface area contributed by atoms with Crippen LogP contribution in [0.5, 0.6) is 0 Å². The zero-order valence-corrected chi connectivity index (χ0v) is 21.1. The number of pyridine rings is 1. The van der Waals surface area contributed by atoms with E-state index in [9.17, 15) is 19.6 Å². The van der Waals surface area contributed by atoms with Crippen LogP contribution in [0.4, 0.5) is 5.69 Å². The first kappa shape index (κ1) is 24.4. The van der Waals surface area contributed by atoms with E-state index in [4.69, 9.17) is 0 Å². The number of nitrogens with zero attached hydrogens (tertiary/aromatic N) is 4. The lowest BCUT2D eigenvalue weighted by molar-refractivity contribution is -0.136. The van der Waals surface area contributed by atoms with Crippen LogP contribution in [-0.4, -0.2) is 58.2 Å². The van der Waals surface area contributed by atoms with Crippen LogP contribution in [0.15, 0.2) is 60.8 Å². The second-order valence-electron chi connectivity index (χ2n) is 10.4. The molecule has 3 heterocycles.